The van der Waals surface area contributed by atoms with Gasteiger partial charge in [0.1, 0.15) is 11.5 Å². The Labute approximate surface area is 171 Å². The molecule has 1 heterocycles. The highest BCUT2D eigenvalue weighted by atomic mass is 16.5. The Morgan fingerprint density at radius 3 is 2.41 bits per heavy atom. The van der Waals surface area contributed by atoms with Crippen LogP contribution in [0.3, 0.4) is 0 Å². The number of methoxy groups -OCH3 is 2. The fourth-order valence-electron chi connectivity index (χ4n) is 3.58. The summed E-state index contributed by atoms with van der Waals surface area (Å²) in [6.45, 7) is 1.50. The summed E-state index contributed by atoms with van der Waals surface area (Å²) in [5.41, 5.74) is 2.11. The topological polar surface area (TPSA) is 67.9 Å². The van der Waals surface area contributed by atoms with Gasteiger partial charge in [-0.25, -0.2) is 0 Å². The number of nitrogens with one attached hydrogen (secondary N) is 1. The van der Waals surface area contributed by atoms with Crippen molar-refractivity contribution in [3.8, 4) is 11.5 Å². The Hall–Kier alpha value is -3.02. The molecule has 1 N–H and O–H groups in total. The first-order chi connectivity index (χ1) is 14.1. The number of piperidine rings is 1. The van der Waals surface area contributed by atoms with E-state index < -0.39 is 0 Å². The zero-order chi connectivity index (χ0) is 20.6. The zero-order valence-electron chi connectivity index (χ0n) is 17.0. The van der Waals surface area contributed by atoms with E-state index in [0.29, 0.717) is 32.5 Å². The Balaban J connectivity index is 1.52. The molecule has 0 aliphatic carbocycles. The van der Waals surface area contributed by atoms with E-state index in [1.165, 1.54) is 0 Å². The van der Waals surface area contributed by atoms with Crippen LogP contribution >= 0.6 is 0 Å². The molecule has 2 amide bonds. The fraction of sp³-hybridized carbons (Fsp3) is 0.391. The van der Waals surface area contributed by atoms with Crippen LogP contribution in [0.1, 0.15) is 24.0 Å². The number of carbonyl (C=O) groups excluding carboxylic acids is 2. The van der Waals surface area contributed by atoms with Crippen LogP contribution in [-0.2, 0) is 22.6 Å². The van der Waals surface area contributed by atoms with Gasteiger partial charge < -0.3 is 19.7 Å². The van der Waals surface area contributed by atoms with Crippen LogP contribution < -0.4 is 14.8 Å². The summed E-state index contributed by atoms with van der Waals surface area (Å²) >= 11 is 0. The highest BCUT2D eigenvalue weighted by molar-refractivity contribution is 5.83. The van der Waals surface area contributed by atoms with Gasteiger partial charge in [-0.2, -0.15) is 0 Å². The molecular weight excluding hydrogens is 368 g/mol. The Morgan fingerprint density at radius 2 is 1.72 bits per heavy atom. The van der Waals surface area contributed by atoms with E-state index in [1.807, 2.05) is 48.5 Å². The van der Waals surface area contributed by atoms with E-state index in [4.69, 9.17) is 9.47 Å². The van der Waals surface area contributed by atoms with Crippen LogP contribution in [0.5, 0.6) is 11.5 Å². The van der Waals surface area contributed by atoms with Gasteiger partial charge in [-0.15, -0.1) is 0 Å². The van der Waals surface area contributed by atoms with Gasteiger partial charge in [0.2, 0.25) is 11.8 Å². The second-order valence-electron chi connectivity index (χ2n) is 7.25. The molecule has 29 heavy (non-hydrogen) atoms. The molecule has 6 heteroatoms. The van der Waals surface area contributed by atoms with Crippen molar-refractivity contribution >= 4 is 11.8 Å². The molecule has 0 spiro atoms. The molecule has 0 radical (unpaired) electrons. The molecule has 6 nitrogen and oxygen atoms in total. The normalized spacial score (nSPS) is 16.4. The maximum atomic E-state index is 12.6. The number of amides is 2. The maximum absolute atomic E-state index is 12.6. The third-order valence-corrected chi connectivity index (χ3v) is 5.23. The molecule has 1 fully saturated rings. The van der Waals surface area contributed by atoms with Crippen LogP contribution in [0.15, 0.2) is 48.5 Å². The molecule has 1 atom stereocenters. The Bertz CT molecular complexity index is 852. The number of likely N-dealkylation sites (tertiary alicyclic amines) is 1. The zero-order valence-corrected chi connectivity index (χ0v) is 17.0. The second-order valence-corrected chi connectivity index (χ2v) is 7.25. The van der Waals surface area contributed by atoms with Crippen molar-refractivity contribution in [3.05, 3.63) is 59.7 Å². The molecule has 0 unspecified atom stereocenters. The van der Waals surface area contributed by atoms with Gasteiger partial charge in [0.25, 0.3) is 0 Å². The molecule has 154 valence electrons. The molecule has 0 aromatic heterocycles. The van der Waals surface area contributed by atoms with Crippen molar-refractivity contribution in [3.63, 3.8) is 0 Å². The third-order valence-electron chi connectivity index (χ3n) is 5.23. The predicted octanol–water partition coefficient (Wildman–Crippen LogP) is 2.80. The number of hydrogen-bond acceptors (Lipinski definition) is 4. The Kier molecular flexibility index (Phi) is 7.11. The number of hydrogen-bond donors (Lipinski definition) is 1. The highest BCUT2D eigenvalue weighted by Crippen LogP contribution is 2.22. The molecule has 1 saturated heterocycles. The van der Waals surface area contributed by atoms with Crippen molar-refractivity contribution < 1.29 is 19.1 Å². The summed E-state index contributed by atoms with van der Waals surface area (Å²) in [7, 11) is 3.26. The Morgan fingerprint density at radius 1 is 1.07 bits per heavy atom. The lowest BCUT2D eigenvalue weighted by Gasteiger charge is -2.32. The number of rotatable bonds is 8. The van der Waals surface area contributed by atoms with E-state index in [2.05, 4.69) is 5.32 Å². The molecule has 0 bridgehead atoms. The summed E-state index contributed by atoms with van der Waals surface area (Å²) in [5.74, 6) is 1.50. The lowest BCUT2D eigenvalue weighted by Crippen LogP contribution is -2.45. The fourth-order valence-corrected chi connectivity index (χ4v) is 3.58. The van der Waals surface area contributed by atoms with Crippen molar-refractivity contribution in [2.45, 2.75) is 25.8 Å². The van der Waals surface area contributed by atoms with Gasteiger partial charge in [-0.05, 0) is 48.2 Å². The SMILES string of the molecule is COc1cccc(CCNC(=O)[C@H]2CCC(=O)N(Cc3cccc(OC)c3)C2)c1. The van der Waals surface area contributed by atoms with Crippen molar-refractivity contribution in [1.29, 1.82) is 0 Å². The molecule has 1 aliphatic rings. The number of benzene rings is 2. The first-order valence-electron chi connectivity index (χ1n) is 9.90. The van der Waals surface area contributed by atoms with E-state index in [0.717, 1.165) is 29.0 Å². The molecular formula is C23H28N2O4. The monoisotopic (exact) mass is 396 g/mol. The quantitative estimate of drug-likeness (QED) is 0.745. The van der Waals surface area contributed by atoms with Gasteiger partial charge >= 0.3 is 0 Å². The number of nitrogens with zero attached hydrogens (tertiary/aromatic N) is 1. The van der Waals surface area contributed by atoms with Crippen LogP contribution in [0.4, 0.5) is 0 Å². The third kappa shape index (κ3) is 5.73. The first kappa shape index (κ1) is 20.7. The lowest BCUT2D eigenvalue weighted by atomic mass is 9.96. The van der Waals surface area contributed by atoms with Gasteiger partial charge in [0, 0.05) is 26.1 Å². The average molecular weight is 396 g/mol. The highest BCUT2D eigenvalue weighted by Gasteiger charge is 2.30. The van der Waals surface area contributed by atoms with Crippen molar-refractivity contribution in [2.75, 3.05) is 27.3 Å². The van der Waals surface area contributed by atoms with Crippen LogP contribution in [0.2, 0.25) is 0 Å². The van der Waals surface area contributed by atoms with Crippen LogP contribution in [-0.4, -0.2) is 44.0 Å². The van der Waals surface area contributed by atoms with Crippen LogP contribution in [0.25, 0.3) is 0 Å². The van der Waals surface area contributed by atoms with E-state index in [1.54, 1.807) is 19.1 Å². The second kappa shape index (κ2) is 9.96. The molecule has 2 aromatic carbocycles. The molecule has 1 aliphatic heterocycles. The van der Waals surface area contributed by atoms with E-state index in [-0.39, 0.29) is 17.7 Å². The first-order valence-corrected chi connectivity index (χ1v) is 9.90. The van der Waals surface area contributed by atoms with Gasteiger partial charge in [-0.3, -0.25) is 9.59 Å². The van der Waals surface area contributed by atoms with Crippen molar-refractivity contribution in [1.82, 2.24) is 10.2 Å². The van der Waals surface area contributed by atoms with Gasteiger partial charge in [-0.1, -0.05) is 24.3 Å². The summed E-state index contributed by atoms with van der Waals surface area (Å²) in [6, 6.07) is 15.5. The number of carbonyl (C=O) groups is 2. The molecule has 2 aromatic rings. The summed E-state index contributed by atoms with van der Waals surface area (Å²) < 4.78 is 10.5. The minimum atomic E-state index is -0.177. The summed E-state index contributed by atoms with van der Waals surface area (Å²) in [6.07, 6.45) is 1.73. The van der Waals surface area contributed by atoms with Gasteiger partial charge in [0.05, 0.1) is 20.1 Å². The summed E-state index contributed by atoms with van der Waals surface area (Å²) in [5, 5.41) is 3.02. The van der Waals surface area contributed by atoms with E-state index >= 15 is 0 Å². The summed E-state index contributed by atoms with van der Waals surface area (Å²) in [4.78, 5) is 26.7. The lowest BCUT2D eigenvalue weighted by molar-refractivity contribution is -0.138. The smallest absolute Gasteiger partial charge is 0.224 e. The van der Waals surface area contributed by atoms with Crippen LogP contribution in [0, 0.1) is 5.92 Å². The molecule has 3 rings (SSSR count). The standard InChI is InChI=1S/C23H28N2O4/c1-28-20-7-3-5-17(13-20)11-12-24-23(27)19-9-10-22(26)25(16-19)15-18-6-4-8-21(14-18)29-2/h3-8,13-14,19H,9-12,15-16H2,1-2H3,(H,24,27)/t19-/m0/s1. The molecule has 0 saturated carbocycles. The minimum absolute atomic E-state index is 0.0102. The van der Waals surface area contributed by atoms with Gasteiger partial charge in [0.15, 0.2) is 0 Å². The predicted molar refractivity (Wildman–Crippen MR) is 111 cm³/mol. The van der Waals surface area contributed by atoms with Crippen molar-refractivity contribution in [2.24, 2.45) is 5.92 Å². The van der Waals surface area contributed by atoms with E-state index in [9.17, 15) is 9.59 Å². The average Bonchev–Trinajstić information content (AvgIpc) is 2.75. The number of ether oxygens (including phenoxy) is 2. The minimum Gasteiger partial charge on any atom is -0.497 e. The maximum Gasteiger partial charge on any atom is 0.224 e. The largest absolute Gasteiger partial charge is 0.497 e.